The smallest absolute Gasteiger partial charge is 0.277 e. The van der Waals surface area contributed by atoms with Gasteiger partial charge in [-0.15, -0.1) is 10.2 Å². The predicted octanol–water partition coefficient (Wildman–Crippen LogP) is 5.58. The Kier molecular flexibility index (Phi) is 4.81. The lowest BCUT2D eigenvalue weighted by Gasteiger charge is -2.01. The van der Waals surface area contributed by atoms with E-state index in [9.17, 15) is 4.39 Å². The van der Waals surface area contributed by atoms with E-state index in [1.54, 1.807) is 12.1 Å². The Balaban J connectivity index is 1.70. The van der Waals surface area contributed by atoms with E-state index in [-0.39, 0.29) is 5.82 Å². The van der Waals surface area contributed by atoms with Crippen LogP contribution in [0.1, 0.15) is 5.56 Å². The maximum atomic E-state index is 13.7. The Hall–Kier alpha value is -1.37. The number of halogens is 3. The summed E-state index contributed by atoms with van der Waals surface area (Å²) in [6.45, 7) is 0. The molecule has 1 heterocycles. The van der Waals surface area contributed by atoms with E-state index in [0.717, 1.165) is 10.0 Å². The summed E-state index contributed by atoms with van der Waals surface area (Å²) < 4.78 is 20.2. The van der Waals surface area contributed by atoms with Crippen LogP contribution in [0, 0.1) is 5.82 Å². The molecule has 0 amide bonds. The molecule has 0 unspecified atom stereocenters. The highest BCUT2D eigenvalue weighted by atomic mass is 79.9. The maximum Gasteiger partial charge on any atom is 0.277 e. The molecule has 0 N–H and O–H groups in total. The molecule has 0 aliphatic carbocycles. The first kappa shape index (κ1) is 15.5. The number of thioether (sulfide) groups is 1. The van der Waals surface area contributed by atoms with Gasteiger partial charge in [-0.1, -0.05) is 45.4 Å². The van der Waals surface area contributed by atoms with Crippen molar-refractivity contribution >= 4 is 39.3 Å². The fourth-order valence-electron chi connectivity index (χ4n) is 1.76. The molecule has 0 bridgehead atoms. The van der Waals surface area contributed by atoms with Gasteiger partial charge in [0.15, 0.2) is 0 Å². The second-order valence-electron chi connectivity index (χ2n) is 4.40. The predicted molar refractivity (Wildman–Crippen MR) is 88.4 cm³/mol. The third kappa shape index (κ3) is 3.69. The first-order valence-corrected chi connectivity index (χ1v) is 8.43. The Labute approximate surface area is 144 Å². The van der Waals surface area contributed by atoms with E-state index in [1.165, 1.54) is 17.8 Å². The Morgan fingerprint density at radius 3 is 2.64 bits per heavy atom. The monoisotopic (exact) mass is 398 g/mol. The summed E-state index contributed by atoms with van der Waals surface area (Å²) in [5.41, 5.74) is 1.37. The second-order valence-corrected chi connectivity index (χ2v) is 6.68. The zero-order valence-electron chi connectivity index (χ0n) is 11.1. The highest BCUT2D eigenvalue weighted by Crippen LogP contribution is 2.27. The molecule has 0 atom stereocenters. The van der Waals surface area contributed by atoms with Crippen LogP contribution in [-0.2, 0) is 5.75 Å². The first-order chi connectivity index (χ1) is 10.6. The molecule has 22 heavy (non-hydrogen) atoms. The van der Waals surface area contributed by atoms with Gasteiger partial charge >= 0.3 is 0 Å². The quantitative estimate of drug-likeness (QED) is 0.537. The van der Waals surface area contributed by atoms with Crippen molar-refractivity contribution in [1.29, 1.82) is 0 Å². The van der Waals surface area contributed by atoms with Crippen molar-refractivity contribution in [2.75, 3.05) is 0 Å². The van der Waals surface area contributed by atoms with E-state index in [1.807, 2.05) is 24.3 Å². The van der Waals surface area contributed by atoms with E-state index < -0.39 is 0 Å². The lowest BCUT2D eigenvalue weighted by molar-refractivity contribution is 0.465. The van der Waals surface area contributed by atoms with Crippen LogP contribution in [-0.4, -0.2) is 10.2 Å². The summed E-state index contributed by atoms with van der Waals surface area (Å²) >= 11 is 10.4. The molecule has 0 aliphatic rings. The normalized spacial score (nSPS) is 10.9. The van der Waals surface area contributed by atoms with Gasteiger partial charge < -0.3 is 4.42 Å². The van der Waals surface area contributed by atoms with Crippen LogP contribution in [0.15, 0.2) is 56.6 Å². The van der Waals surface area contributed by atoms with Gasteiger partial charge in [0, 0.05) is 20.8 Å². The standard InChI is InChI=1S/C15H9BrClFN2OS/c16-11-4-1-9(2-5-11)14-19-20-15(21-14)22-8-10-3-6-12(17)7-13(10)18/h1-7H,8H2. The molecule has 0 aliphatic heterocycles. The molecule has 0 fully saturated rings. The summed E-state index contributed by atoms with van der Waals surface area (Å²) in [5, 5.41) is 8.73. The second kappa shape index (κ2) is 6.81. The van der Waals surface area contributed by atoms with E-state index >= 15 is 0 Å². The molecule has 3 aromatic rings. The van der Waals surface area contributed by atoms with Crippen LogP contribution >= 0.6 is 39.3 Å². The minimum Gasteiger partial charge on any atom is -0.411 e. The lowest BCUT2D eigenvalue weighted by Crippen LogP contribution is -1.87. The summed E-state index contributed by atoms with van der Waals surface area (Å²) in [6.07, 6.45) is 0. The van der Waals surface area contributed by atoms with E-state index in [4.69, 9.17) is 16.0 Å². The minimum absolute atomic E-state index is 0.340. The third-order valence-electron chi connectivity index (χ3n) is 2.86. The Bertz CT molecular complexity index is 794. The van der Waals surface area contributed by atoms with Crippen LogP contribution < -0.4 is 0 Å². The number of rotatable bonds is 4. The van der Waals surface area contributed by atoms with Crippen LogP contribution in [0.4, 0.5) is 4.39 Å². The molecule has 112 valence electrons. The van der Waals surface area contributed by atoms with Crippen molar-refractivity contribution in [2.45, 2.75) is 11.0 Å². The number of hydrogen-bond acceptors (Lipinski definition) is 4. The van der Waals surface area contributed by atoms with Gasteiger partial charge in [-0.25, -0.2) is 4.39 Å². The van der Waals surface area contributed by atoms with Gasteiger partial charge in [-0.05, 0) is 42.0 Å². The minimum atomic E-state index is -0.340. The fourth-order valence-corrected chi connectivity index (χ4v) is 2.93. The molecule has 1 aromatic heterocycles. The van der Waals surface area contributed by atoms with E-state index in [0.29, 0.717) is 27.5 Å². The molecule has 0 saturated heterocycles. The summed E-state index contributed by atoms with van der Waals surface area (Å²) in [6, 6.07) is 12.2. The molecule has 2 aromatic carbocycles. The molecular weight excluding hydrogens is 391 g/mol. The van der Waals surface area contributed by atoms with Gasteiger partial charge in [-0.3, -0.25) is 0 Å². The highest BCUT2D eigenvalue weighted by molar-refractivity contribution is 9.10. The van der Waals surface area contributed by atoms with Gasteiger partial charge in [0.2, 0.25) is 5.89 Å². The highest BCUT2D eigenvalue weighted by Gasteiger charge is 2.11. The van der Waals surface area contributed by atoms with Crippen molar-refractivity contribution < 1.29 is 8.81 Å². The Morgan fingerprint density at radius 2 is 1.91 bits per heavy atom. The van der Waals surface area contributed by atoms with Crippen molar-refractivity contribution in [3.05, 3.63) is 63.3 Å². The van der Waals surface area contributed by atoms with Crippen molar-refractivity contribution in [2.24, 2.45) is 0 Å². The molecule has 0 radical (unpaired) electrons. The maximum absolute atomic E-state index is 13.7. The SMILES string of the molecule is Fc1cc(Cl)ccc1CSc1nnc(-c2ccc(Br)cc2)o1. The van der Waals surface area contributed by atoms with Gasteiger partial charge in [0.25, 0.3) is 5.22 Å². The molecule has 0 saturated carbocycles. The summed E-state index contributed by atoms with van der Waals surface area (Å²) in [7, 11) is 0. The van der Waals surface area contributed by atoms with Gasteiger partial charge in [0.1, 0.15) is 5.82 Å². The average Bonchev–Trinajstić information content (AvgIpc) is 2.96. The lowest BCUT2D eigenvalue weighted by atomic mass is 10.2. The van der Waals surface area contributed by atoms with Crippen LogP contribution in [0.25, 0.3) is 11.5 Å². The molecule has 3 nitrogen and oxygen atoms in total. The van der Waals surface area contributed by atoms with Gasteiger partial charge in [-0.2, -0.15) is 0 Å². The largest absolute Gasteiger partial charge is 0.411 e. The third-order valence-corrected chi connectivity index (χ3v) is 4.49. The number of aromatic nitrogens is 2. The van der Waals surface area contributed by atoms with Crippen LogP contribution in [0.2, 0.25) is 5.02 Å². The molecular formula is C15H9BrClFN2OS. The summed E-state index contributed by atoms with van der Waals surface area (Å²) in [4.78, 5) is 0. The van der Waals surface area contributed by atoms with Crippen molar-refractivity contribution in [1.82, 2.24) is 10.2 Å². The zero-order valence-corrected chi connectivity index (χ0v) is 14.3. The number of nitrogens with zero attached hydrogens (tertiary/aromatic N) is 2. The first-order valence-electron chi connectivity index (χ1n) is 6.28. The van der Waals surface area contributed by atoms with Gasteiger partial charge in [0.05, 0.1) is 0 Å². The average molecular weight is 400 g/mol. The summed E-state index contributed by atoms with van der Waals surface area (Å²) in [5.74, 6) is 0.490. The van der Waals surface area contributed by atoms with E-state index in [2.05, 4.69) is 26.1 Å². The van der Waals surface area contributed by atoms with Crippen LogP contribution in [0.3, 0.4) is 0 Å². The molecule has 7 heteroatoms. The van der Waals surface area contributed by atoms with Crippen LogP contribution in [0.5, 0.6) is 0 Å². The molecule has 0 spiro atoms. The molecule has 3 rings (SSSR count). The Morgan fingerprint density at radius 1 is 1.14 bits per heavy atom. The van der Waals surface area contributed by atoms with Crippen molar-refractivity contribution in [3.8, 4) is 11.5 Å². The number of hydrogen-bond donors (Lipinski definition) is 0. The number of benzene rings is 2. The topological polar surface area (TPSA) is 38.9 Å². The zero-order chi connectivity index (χ0) is 15.5. The van der Waals surface area contributed by atoms with Crippen molar-refractivity contribution in [3.63, 3.8) is 0 Å². The fraction of sp³-hybridized carbons (Fsp3) is 0.0667.